The standard InChI is InChI=1S/C16H22FN5O4.C14H18N2O4.C3H7N3.C2H4FN3.FH/c1-10-6-21(13-4-11(9-23)14(24)5-13)16(26)22(15(10)25)8-12-7-20(3-2-17)19-18-12;1-3-4-15-13(19)9(2)7-16(14(15)20)11-5-10(8-17)12(18)6-11;1-2-3-5-6-4;3-1-2-5-6-4;/h6-7,11,13-14,23-24H,2-5,8-9H2,1H3;1,7,10-12,17-18H,4-6,8H2,2H3;2-3H2,1H3;1-2H2;1H/t11-,13?,14?;10-,11?,12?;;;/m11.../s1/i17-1;;;3-1;1-1. The molecule has 0 bridgehead atoms. The fraction of sp³-hybridized carbons (Fsp3) is 0.657. The number of hydrogen-bond donors (Lipinski definition) is 4. The molecule has 0 spiro atoms. The van der Waals surface area contributed by atoms with Crippen LogP contribution in [0.3, 0.4) is 0 Å². The fourth-order valence-electron chi connectivity index (χ4n) is 6.40. The molecule has 4 N–H and O–H groups in total. The molecule has 0 aromatic carbocycles. The number of aliphatic hydroxyl groups is 4. The van der Waals surface area contributed by atoms with Gasteiger partial charge in [0.15, 0.2) is 0 Å². The van der Waals surface area contributed by atoms with Crippen LogP contribution in [0.5, 0.6) is 0 Å². The van der Waals surface area contributed by atoms with E-state index in [0.29, 0.717) is 49.0 Å². The van der Waals surface area contributed by atoms with Crippen molar-refractivity contribution in [2.24, 2.45) is 22.1 Å². The summed E-state index contributed by atoms with van der Waals surface area (Å²) in [4.78, 5) is 54.3. The lowest BCUT2D eigenvalue weighted by molar-refractivity contribution is 0.0901. The molecule has 0 radical (unpaired) electrons. The number of azide groups is 2. The molecule has 2 aliphatic rings. The Morgan fingerprint density at radius 2 is 1.32 bits per heavy atom. The number of hydrogen-bond acceptors (Lipinski definition) is 12. The fourth-order valence-corrected chi connectivity index (χ4v) is 6.40. The zero-order valence-electron chi connectivity index (χ0n) is 33.1. The van der Waals surface area contributed by atoms with Gasteiger partial charge < -0.3 is 20.4 Å². The zero-order valence-corrected chi connectivity index (χ0v) is 33.1. The van der Waals surface area contributed by atoms with Crippen molar-refractivity contribution in [1.82, 2.24) is 33.3 Å². The summed E-state index contributed by atoms with van der Waals surface area (Å²) in [5, 5.41) is 52.1. The van der Waals surface area contributed by atoms with E-state index in [1.165, 1.54) is 32.4 Å². The summed E-state index contributed by atoms with van der Waals surface area (Å²) in [5.41, 5.74) is 14.6. The Labute approximate surface area is 335 Å². The van der Waals surface area contributed by atoms with Crippen LogP contribution in [0.4, 0.5) is 13.5 Å². The molecule has 6 atom stereocenters. The van der Waals surface area contributed by atoms with Gasteiger partial charge in [0.2, 0.25) is 0 Å². The summed E-state index contributed by atoms with van der Waals surface area (Å²) in [6, 6.07) is -0.514. The first kappa shape index (κ1) is 51.3. The molecule has 24 heteroatoms. The zero-order chi connectivity index (χ0) is 43.4. The molecule has 0 aliphatic heterocycles. The summed E-state index contributed by atoms with van der Waals surface area (Å²) >= 11 is 0. The number of halogens is 3. The summed E-state index contributed by atoms with van der Waals surface area (Å²) in [7, 11) is 0. The third kappa shape index (κ3) is 14.6. The van der Waals surface area contributed by atoms with Crippen molar-refractivity contribution in [1.29, 1.82) is 0 Å². The normalized spacial score (nSPS) is 20.1. The number of alkyl halides is 2. The molecule has 3 aromatic heterocycles. The summed E-state index contributed by atoms with van der Waals surface area (Å²) in [6.07, 6.45) is 11.0. The Morgan fingerprint density at radius 3 is 1.71 bits per heavy atom. The second kappa shape index (κ2) is 26.3. The van der Waals surface area contributed by atoms with Crippen LogP contribution >= 0.6 is 0 Å². The summed E-state index contributed by atoms with van der Waals surface area (Å²) < 4.78 is 29.6. The number of terminal acetylenes is 1. The van der Waals surface area contributed by atoms with E-state index in [-0.39, 0.29) is 73.6 Å². The summed E-state index contributed by atoms with van der Waals surface area (Å²) in [5.74, 6) is 1.78. The third-order valence-corrected chi connectivity index (χ3v) is 9.36. The van der Waals surface area contributed by atoms with Gasteiger partial charge in [-0.05, 0) is 50.6 Å². The van der Waals surface area contributed by atoms with E-state index in [4.69, 9.17) is 17.5 Å². The minimum atomic E-state index is -0.682. The first-order valence-corrected chi connectivity index (χ1v) is 18.5. The molecule has 59 heavy (non-hydrogen) atoms. The van der Waals surface area contributed by atoms with Crippen molar-refractivity contribution in [3.8, 4) is 12.3 Å². The van der Waals surface area contributed by atoms with Gasteiger partial charge >= 0.3 is 11.4 Å². The maximum Gasteiger partial charge on any atom is 0.332 e. The highest BCUT2D eigenvalue weighted by Gasteiger charge is 2.35. The first-order valence-electron chi connectivity index (χ1n) is 18.5. The maximum absolute atomic E-state index is 12.8. The van der Waals surface area contributed by atoms with Gasteiger partial charge in [-0.3, -0.25) is 32.4 Å². The predicted octanol–water partition coefficient (Wildman–Crippen LogP) is 1.61. The van der Waals surface area contributed by atoms with E-state index in [1.54, 1.807) is 13.8 Å². The topological polar surface area (TPSA) is 297 Å². The van der Waals surface area contributed by atoms with E-state index >= 15 is 0 Å². The van der Waals surface area contributed by atoms with E-state index in [2.05, 4.69) is 36.3 Å². The highest BCUT2D eigenvalue weighted by Crippen LogP contribution is 2.34. The van der Waals surface area contributed by atoms with Gasteiger partial charge in [0.25, 0.3) is 11.1 Å². The largest absolute Gasteiger partial charge is 0.396 e. The highest BCUT2D eigenvalue weighted by molar-refractivity contribution is 5.08. The minimum absolute atomic E-state index is 0. The van der Waals surface area contributed by atoms with Gasteiger partial charge in [0.05, 0.1) is 51.3 Å². The second-order valence-electron chi connectivity index (χ2n) is 13.5. The number of aryl methyl sites for hydroxylation is 3. The Bertz CT molecular complexity index is 2130. The Balaban J connectivity index is 0.000000465. The van der Waals surface area contributed by atoms with Crippen molar-refractivity contribution in [3.05, 3.63) is 98.0 Å². The van der Waals surface area contributed by atoms with Crippen LogP contribution in [0, 0.1) is 38.0 Å². The lowest BCUT2D eigenvalue weighted by atomic mass is 10.1. The van der Waals surface area contributed by atoms with Crippen molar-refractivity contribution < 1.29 is 33.9 Å². The van der Waals surface area contributed by atoms with Gasteiger partial charge in [-0.1, -0.05) is 34.7 Å². The van der Waals surface area contributed by atoms with Crippen molar-refractivity contribution in [3.63, 3.8) is 0 Å². The average molecular weight is 837 g/mol. The molecule has 2 fully saturated rings. The van der Waals surface area contributed by atoms with Crippen LogP contribution in [-0.2, 0) is 19.6 Å². The molecule has 2 saturated carbocycles. The Hall–Kier alpha value is -5.69. The van der Waals surface area contributed by atoms with Crippen molar-refractivity contribution >= 4 is 0 Å². The molecule has 4 unspecified atom stereocenters. The lowest BCUT2D eigenvalue weighted by Gasteiger charge is -2.16. The van der Waals surface area contributed by atoms with Gasteiger partial charge in [-0.25, -0.2) is 23.2 Å². The molecule has 0 amide bonds. The van der Waals surface area contributed by atoms with Crippen LogP contribution in [0.15, 0.2) is 48.0 Å². The summed E-state index contributed by atoms with van der Waals surface area (Å²) in [6.45, 7) is 4.29. The number of aliphatic hydroxyl groups excluding tert-OH is 4. The number of aromatic nitrogens is 7. The molecule has 5 rings (SSSR count). The van der Waals surface area contributed by atoms with Gasteiger partial charge in [0, 0.05) is 77.0 Å². The van der Waals surface area contributed by atoms with Crippen LogP contribution in [0.1, 0.15) is 67.9 Å². The van der Waals surface area contributed by atoms with E-state index in [9.17, 15) is 48.4 Å². The number of rotatable bonds is 13. The molecular formula is C35H52F3N13O8. The van der Waals surface area contributed by atoms with Crippen molar-refractivity contribution in [2.75, 3.05) is 39.7 Å². The minimum Gasteiger partial charge on any atom is -0.396 e. The molecule has 3 heterocycles. The van der Waals surface area contributed by atoms with Crippen LogP contribution in [0.25, 0.3) is 20.9 Å². The smallest absolute Gasteiger partial charge is 0.332 e. The monoisotopic (exact) mass is 836 g/mol. The van der Waals surface area contributed by atoms with E-state index < -0.39 is 42.5 Å². The maximum atomic E-state index is 12.8. The quantitative estimate of drug-likeness (QED) is 0.0835. The molecule has 21 nitrogen and oxygen atoms in total. The van der Waals surface area contributed by atoms with Crippen LogP contribution < -0.4 is 22.5 Å². The number of nitrogens with zero attached hydrogens (tertiary/aromatic N) is 13. The molecule has 2 aliphatic carbocycles. The first-order chi connectivity index (χ1) is 27.8. The van der Waals surface area contributed by atoms with E-state index in [1.807, 2.05) is 6.92 Å². The van der Waals surface area contributed by atoms with E-state index in [0.717, 1.165) is 15.6 Å². The van der Waals surface area contributed by atoms with Crippen molar-refractivity contribution in [2.45, 2.75) is 96.8 Å². The van der Waals surface area contributed by atoms with Gasteiger partial charge in [-0.15, -0.1) is 11.5 Å². The Morgan fingerprint density at radius 1 is 0.831 bits per heavy atom. The lowest BCUT2D eigenvalue weighted by Crippen LogP contribution is -2.42. The Kier molecular flexibility index (Phi) is 22.9. The molecule has 0 saturated heterocycles. The molecular weight excluding hydrogens is 784 g/mol. The third-order valence-electron chi connectivity index (χ3n) is 9.36. The second-order valence-corrected chi connectivity index (χ2v) is 13.5. The average Bonchev–Trinajstić information content (AvgIpc) is 3.94. The molecule has 3 aromatic rings. The highest BCUT2D eigenvalue weighted by atomic mass is 18.2. The SMILES string of the molecule is C#CCn1c(=O)c(C)cn(C2CC(O)[C@@H](CO)C2)c1=O.CCCN=[N+]=[N-].Cc1cn(C2CC(O)[C@@H](CO)C2)c(=O)n(Cc2cn(CC[18F])nn2)c1=O.[18FH].[N-]=[N+]=NCC[18F]. The van der Waals surface area contributed by atoms with Gasteiger partial charge in [-0.2, -0.15) is 0 Å². The van der Waals surface area contributed by atoms with Crippen LogP contribution in [-0.4, -0.2) is 106 Å². The van der Waals surface area contributed by atoms with Gasteiger partial charge in [0.1, 0.15) is 12.4 Å². The molecule has 326 valence electrons. The van der Waals surface area contributed by atoms with Crippen LogP contribution in [0.2, 0.25) is 0 Å². The predicted molar refractivity (Wildman–Crippen MR) is 210 cm³/mol.